The van der Waals surface area contributed by atoms with Gasteiger partial charge >= 0.3 is 0 Å². The number of nitrogens with one attached hydrogen (secondary N) is 1. The summed E-state index contributed by atoms with van der Waals surface area (Å²) in [5.74, 6) is 2.19. The third-order valence-corrected chi connectivity index (χ3v) is 4.31. The van der Waals surface area contributed by atoms with Gasteiger partial charge in [-0.05, 0) is 32.2 Å². The van der Waals surface area contributed by atoms with Gasteiger partial charge in [0.25, 0.3) is 0 Å². The van der Waals surface area contributed by atoms with Gasteiger partial charge in [-0.15, -0.1) is 0 Å². The summed E-state index contributed by atoms with van der Waals surface area (Å²) < 4.78 is 5.37. The average Bonchev–Trinajstić information content (AvgIpc) is 2.55. The Morgan fingerprint density at radius 1 is 1.12 bits per heavy atom. The number of aryl methyl sites for hydroxylation is 1. The van der Waals surface area contributed by atoms with Gasteiger partial charge in [0, 0.05) is 43.0 Å². The van der Waals surface area contributed by atoms with Crippen molar-refractivity contribution in [3.63, 3.8) is 0 Å². The highest BCUT2D eigenvalue weighted by Gasteiger charge is 2.17. The number of anilines is 3. The van der Waals surface area contributed by atoms with Crippen LogP contribution >= 0.6 is 11.6 Å². The molecule has 1 aromatic carbocycles. The van der Waals surface area contributed by atoms with E-state index in [-0.39, 0.29) is 0 Å². The third kappa shape index (κ3) is 3.88. The van der Waals surface area contributed by atoms with Crippen molar-refractivity contribution in [1.29, 1.82) is 0 Å². The second kappa shape index (κ2) is 7.23. The van der Waals surface area contributed by atoms with E-state index in [9.17, 15) is 0 Å². The number of halogens is 1. The number of piperazine rings is 1. The Morgan fingerprint density at radius 3 is 2.58 bits per heavy atom. The zero-order chi connectivity index (χ0) is 17.1. The maximum atomic E-state index is 6.09. The lowest BCUT2D eigenvalue weighted by Gasteiger charge is -2.33. The highest BCUT2D eigenvalue weighted by molar-refractivity contribution is 6.31. The number of aromatic nitrogens is 2. The van der Waals surface area contributed by atoms with E-state index in [1.165, 1.54) is 0 Å². The second-order valence-electron chi connectivity index (χ2n) is 5.95. The van der Waals surface area contributed by atoms with Gasteiger partial charge in [-0.3, -0.25) is 0 Å². The maximum absolute atomic E-state index is 6.09. The van der Waals surface area contributed by atoms with E-state index in [0.717, 1.165) is 43.4 Å². The van der Waals surface area contributed by atoms with Crippen molar-refractivity contribution in [2.75, 3.05) is 50.6 Å². The fourth-order valence-corrected chi connectivity index (χ4v) is 2.88. The summed E-state index contributed by atoms with van der Waals surface area (Å²) in [6.45, 7) is 5.98. The maximum Gasteiger partial charge on any atom is 0.229 e. The first-order valence-electron chi connectivity index (χ1n) is 7.95. The Bertz CT molecular complexity index is 716. The Hall–Kier alpha value is -2.05. The lowest BCUT2D eigenvalue weighted by molar-refractivity contribution is 0.312. The number of rotatable bonds is 4. The number of ether oxygens (including phenoxy) is 1. The topological polar surface area (TPSA) is 53.5 Å². The summed E-state index contributed by atoms with van der Waals surface area (Å²) in [4.78, 5) is 13.8. The van der Waals surface area contributed by atoms with Crippen LogP contribution in [-0.2, 0) is 0 Å². The van der Waals surface area contributed by atoms with E-state index in [1.54, 1.807) is 13.2 Å². The lowest BCUT2D eigenvalue weighted by atomic mass is 10.3. The number of nitrogens with zero attached hydrogens (tertiary/aromatic N) is 4. The molecule has 1 fully saturated rings. The molecule has 1 aliphatic heterocycles. The Labute approximate surface area is 147 Å². The molecular weight excluding hydrogens is 326 g/mol. The summed E-state index contributed by atoms with van der Waals surface area (Å²) in [5, 5.41) is 3.85. The van der Waals surface area contributed by atoms with Crippen LogP contribution in [0.4, 0.5) is 17.5 Å². The van der Waals surface area contributed by atoms with Crippen molar-refractivity contribution in [3.8, 4) is 5.75 Å². The van der Waals surface area contributed by atoms with E-state index in [0.29, 0.717) is 16.7 Å². The molecule has 1 aromatic heterocycles. The van der Waals surface area contributed by atoms with Crippen LogP contribution in [0.3, 0.4) is 0 Å². The van der Waals surface area contributed by atoms with Crippen LogP contribution in [0.5, 0.6) is 5.75 Å². The van der Waals surface area contributed by atoms with Gasteiger partial charge in [0.05, 0.1) is 12.8 Å². The minimum absolute atomic E-state index is 0.546. The molecule has 3 rings (SSSR count). The summed E-state index contributed by atoms with van der Waals surface area (Å²) in [6.07, 6.45) is 0. The van der Waals surface area contributed by atoms with Gasteiger partial charge < -0.3 is 19.9 Å². The zero-order valence-electron chi connectivity index (χ0n) is 14.2. The summed E-state index contributed by atoms with van der Waals surface area (Å²) in [6, 6.07) is 7.44. The number of benzene rings is 1. The van der Waals surface area contributed by atoms with Gasteiger partial charge in [-0.25, -0.2) is 4.98 Å². The molecule has 1 aliphatic rings. The fraction of sp³-hybridized carbons (Fsp3) is 0.412. The highest BCUT2D eigenvalue weighted by Crippen LogP contribution is 2.30. The van der Waals surface area contributed by atoms with E-state index in [4.69, 9.17) is 16.3 Å². The molecule has 2 heterocycles. The molecule has 6 nitrogen and oxygen atoms in total. The fourth-order valence-electron chi connectivity index (χ4n) is 2.70. The quantitative estimate of drug-likeness (QED) is 0.917. The summed E-state index contributed by atoms with van der Waals surface area (Å²) >= 11 is 6.09. The zero-order valence-corrected chi connectivity index (χ0v) is 15.0. The van der Waals surface area contributed by atoms with Crippen LogP contribution in [0.25, 0.3) is 0 Å². The van der Waals surface area contributed by atoms with Crippen molar-refractivity contribution in [3.05, 3.63) is 35.0 Å². The van der Waals surface area contributed by atoms with Crippen LogP contribution in [0.1, 0.15) is 5.69 Å². The minimum Gasteiger partial charge on any atom is -0.495 e. The molecule has 1 saturated heterocycles. The van der Waals surface area contributed by atoms with Crippen molar-refractivity contribution >= 4 is 29.1 Å². The SMILES string of the molecule is COc1ccc(Cl)cc1Nc1nc(C)cc(N2CCN(C)CC2)n1. The smallest absolute Gasteiger partial charge is 0.229 e. The predicted molar refractivity (Wildman–Crippen MR) is 97.8 cm³/mol. The first-order valence-corrected chi connectivity index (χ1v) is 8.32. The first kappa shape index (κ1) is 16.8. The van der Waals surface area contributed by atoms with E-state index >= 15 is 0 Å². The molecule has 0 spiro atoms. The Balaban J connectivity index is 1.85. The number of likely N-dealkylation sites (N-methyl/N-ethyl adjacent to an activating group) is 1. The van der Waals surface area contributed by atoms with Gasteiger partial charge in [0.1, 0.15) is 11.6 Å². The predicted octanol–water partition coefficient (Wildman–Crippen LogP) is 2.94. The molecule has 0 unspecified atom stereocenters. The van der Waals surface area contributed by atoms with Crippen LogP contribution in [0.2, 0.25) is 5.02 Å². The minimum atomic E-state index is 0.546. The molecule has 128 valence electrons. The number of hydrogen-bond acceptors (Lipinski definition) is 6. The summed E-state index contributed by atoms with van der Waals surface area (Å²) in [7, 11) is 3.77. The van der Waals surface area contributed by atoms with Crippen LogP contribution in [0.15, 0.2) is 24.3 Å². The Morgan fingerprint density at radius 2 is 1.88 bits per heavy atom. The monoisotopic (exact) mass is 347 g/mol. The highest BCUT2D eigenvalue weighted by atomic mass is 35.5. The average molecular weight is 348 g/mol. The summed E-state index contributed by atoms with van der Waals surface area (Å²) in [5.41, 5.74) is 1.67. The molecular formula is C17H22ClN5O. The van der Waals surface area contributed by atoms with Gasteiger partial charge in [-0.1, -0.05) is 11.6 Å². The normalized spacial score (nSPS) is 15.4. The van der Waals surface area contributed by atoms with Crippen LogP contribution in [0, 0.1) is 6.92 Å². The van der Waals surface area contributed by atoms with Gasteiger partial charge in [0.15, 0.2) is 0 Å². The largest absolute Gasteiger partial charge is 0.495 e. The van der Waals surface area contributed by atoms with Crippen molar-refractivity contribution in [1.82, 2.24) is 14.9 Å². The molecule has 0 saturated carbocycles. The first-order chi connectivity index (χ1) is 11.5. The third-order valence-electron chi connectivity index (χ3n) is 4.08. The molecule has 0 radical (unpaired) electrons. The number of methoxy groups -OCH3 is 1. The van der Waals surface area contributed by atoms with E-state index in [1.807, 2.05) is 25.1 Å². The molecule has 0 atom stereocenters. The van der Waals surface area contributed by atoms with E-state index < -0.39 is 0 Å². The second-order valence-corrected chi connectivity index (χ2v) is 6.39. The molecule has 2 aromatic rings. The Kier molecular flexibility index (Phi) is 5.06. The van der Waals surface area contributed by atoms with Crippen molar-refractivity contribution in [2.45, 2.75) is 6.92 Å². The molecule has 1 N–H and O–H groups in total. The molecule has 7 heteroatoms. The molecule has 0 amide bonds. The van der Waals surface area contributed by atoms with Gasteiger partial charge in [-0.2, -0.15) is 4.98 Å². The molecule has 0 aliphatic carbocycles. The molecule has 0 bridgehead atoms. The number of hydrogen-bond donors (Lipinski definition) is 1. The lowest BCUT2D eigenvalue weighted by Crippen LogP contribution is -2.44. The van der Waals surface area contributed by atoms with Crippen molar-refractivity contribution < 1.29 is 4.74 Å². The van der Waals surface area contributed by atoms with Crippen LogP contribution in [-0.4, -0.2) is 55.2 Å². The van der Waals surface area contributed by atoms with Gasteiger partial charge in [0.2, 0.25) is 5.95 Å². The van der Waals surface area contributed by atoms with E-state index in [2.05, 4.69) is 32.1 Å². The van der Waals surface area contributed by atoms with Crippen molar-refractivity contribution in [2.24, 2.45) is 0 Å². The standard InChI is InChI=1S/C17H22ClN5O/c1-12-10-16(23-8-6-22(2)7-9-23)21-17(19-12)20-14-11-13(18)4-5-15(14)24-3/h4-5,10-11H,6-9H2,1-3H3,(H,19,20,21). The van der Waals surface area contributed by atoms with Crippen LogP contribution < -0.4 is 15.0 Å². The molecule has 24 heavy (non-hydrogen) atoms.